The Morgan fingerprint density at radius 1 is 1.12 bits per heavy atom. The van der Waals surface area contributed by atoms with Crippen LogP contribution in [0.1, 0.15) is 31.2 Å². The minimum atomic E-state index is 0.335. The van der Waals surface area contributed by atoms with E-state index in [0.717, 1.165) is 24.4 Å². The largest absolute Gasteiger partial charge is 0.384 e. The van der Waals surface area contributed by atoms with Crippen molar-refractivity contribution < 1.29 is 4.74 Å². The van der Waals surface area contributed by atoms with Crippen LogP contribution < -0.4 is 10.6 Å². The van der Waals surface area contributed by atoms with Crippen LogP contribution in [0.4, 0.5) is 0 Å². The third-order valence-electron chi connectivity index (χ3n) is 5.45. The first-order valence-electron chi connectivity index (χ1n) is 8.73. The molecule has 1 aromatic rings. The van der Waals surface area contributed by atoms with E-state index in [4.69, 9.17) is 16.3 Å². The monoisotopic (exact) mass is 345 g/mol. The zero-order chi connectivity index (χ0) is 16.5. The van der Waals surface area contributed by atoms with Crippen LogP contribution in [0.25, 0.3) is 5.70 Å². The van der Waals surface area contributed by atoms with Gasteiger partial charge in [-0.2, -0.15) is 0 Å². The predicted octanol–water partition coefficient (Wildman–Crippen LogP) is 3.52. The fourth-order valence-corrected chi connectivity index (χ4v) is 4.23. The lowest BCUT2D eigenvalue weighted by molar-refractivity contribution is 0.0425. The van der Waals surface area contributed by atoms with Crippen LogP contribution in [0.3, 0.4) is 0 Å². The zero-order valence-electron chi connectivity index (χ0n) is 14.0. The van der Waals surface area contributed by atoms with Gasteiger partial charge in [0.1, 0.15) is 6.17 Å². The molecule has 2 aliphatic heterocycles. The van der Waals surface area contributed by atoms with Gasteiger partial charge in [0.15, 0.2) is 0 Å². The standard InChI is InChI=1S/C19H24ClN3O/c1-24-16-8-4-14(5-9-16)19-22-18(13-2-6-15(20)7-3-13)17-12-21-10-11-23(17)19/h2-3,6-7,10-11,14,16,19,21-22H,4-5,8-9,12H2,1H3. The van der Waals surface area contributed by atoms with Gasteiger partial charge in [0.2, 0.25) is 0 Å². The molecule has 2 heterocycles. The molecule has 0 radical (unpaired) electrons. The van der Waals surface area contributed by atoms with Crippen molar-refractivity contribution in [2.24, 2.45) is 5.92 Å². The number of ether oxygens (including phenoxy) is 1. The van der Waals surface area contributed by atoms with Crippen LogP contribution in [-0.2, 0) is 4.74 Å². The molecule has 24 heavy (non-hydrogen) atoms. The number of rotatable bonds is 3. The fraction of sp³-hybridized carbons (Fsp3) is 0.474. The Hall–Kier alpha value is -1.65. The van der Waals surface area contributed by atoms with E-state index in [1.54, 1.807) is 0 Å². The molecule has 1 unspecified atom stereocenters. The molecule has 1 fully saturated rings. The Morgan fingerprint density at radius 3 is 2.58 bits per heavy atom. The molecule has 3 aliphatic rings. The maximum absolute atomic E-state index is 6.05. The predicted molar refractivity (Wildman–Crippen MR) is 97.0 cm³/mol. The van der Waals surface area contributed by atoms with Crippen LogP contribution in [0, 0.1) is 5.92 Å². The van der Waals surface area contributed by atoms with Crippen LogP contribution in [0.2, 0.25) is 5.02 Å². The van der Waals surface area contributed by atoms with Gasteiger partial charge >= 0.3 is 0 Å². The molecule has 0 bridgehead atoms. The molecule has 0 amide bonds. The lowest BCUT2D eigenvalue weighted by Crippen LogP contribution is -2.44. The van der Waals surface area contributed by atoms with Gasteiger partial charge < -0.3 is 20.3 Å². The number of methoxy groups -OCH3 is 1. The fourth-order valence-electron chi connectivity index (χ4n) is 4.10. The highest BCUT2D eigenvalue weighted by Gasteiger charge is 2.38. The van der Waals surface area contributed by atoms with Crippen molar-refractivity contribution in [2.45, 2.75) is 38.0 Å². The first-order chi connectivity index (χ1) is 11.8. The SMILES string of the molecule is COC1CCC(C2NC(c3ccc(Cl)cc3)=C3CNC=CN32)CC1. The van der Waals surface area contributed by atoms with Crippen molar-refractivity contribution in [3.05, 3.63) is 52.9 Å². The van der Waals surface area contributed by atoms with Gasteiger partial charge in [0.05, 0.1) is 24.0 Å². The second-order valence-electron chi connectivity index (χ2n) is 6.79. The van der Waals surface area contributed by atoms with Crippen LogP contribution >= 0.6 is 11.6 Å². The molecule has 2 N–H and O–H groups in total. The Balaban J connectivity index is 1.58. The molecular formula is C19H24ClN3O. The van der Waals surface area contributed by atoms with E-state index in [-0.39, 0.29) is 0 Å². The Kier molecular flexibility index (Phi) is 4.42. The summed E-state index contributed by atoms with van der Waals surface area (Å²) in [6, 6.07) is 8.11. The number of nitrogens with one attached hydrogen (secondary N) is 2. The Labute approximate surface area is 148 Å². The number of nitrogens with zero attached hydrogens (tertiary/aromatic N) is 1. The van der Waals surface area contributed by atoms with E-state index >= 15 is 0 Å². The topological polar surface area (TPSA) is 36.5 Å². The van der Waals surface area contributed by atoms with Crippen molar-refractivity contribution in [3.8, 4) is 0 Å². The van der Waals surface area contributed by atoms with E-state index in [1.165, 1.54) is 29.8 Å². The molecule has 4 nitrogen and oxygen atoms in total. The van der Waals surface area contributed by atoms with Crippen molar-refractivity contribution in [1.82, 2.24) is 15.5 Å². The summed E-state index contributed by atoms with van der Waals surface area (Å²) in [5.74, 6) is 0.638. The average molecular weight is 346 g/mol. The molecule has 0 aromatic heterocycles. The van der Waals surface area contributed by atoms with E-state index in [2.05, 4.69) is 33.9 Å². The third kappa shape index (κ3) is 2.89. The number of hydrogen-bond acceptors (Lipinski definition) is 4. The minimum Gasteiger partial charge on any atom is -0.384 e. The Morgan fingerprint density at radius 2 is 1.88 bits per heavy atom. The highest BCUT2D eigenvalue weighted by atomic mass is 35.5. The molecule has 5 heteroatoms. The van der Waals surface area contributed by atoms with Gasteiger partial charge in [-0.25, -0.2) is 0 Å². The van der Waals surface area contributed by atoms with Crippen molar-refractivity contribution >= 4 is 17.3 Å². The first kappa shape index (κ1) is 15.9. The van der Waals surface area contributed by atoms with Gasteiger partial charge in [-0.15, -0.1) is 0 Å². The van der Waals surface area contributed by atoms with Crippen molar-refractivity contribution in [1.29, 1.82) is 0 Å². The molecule has 4 rings (SSSR count). The lowest BCUT2D eigenvalue weighted by Gasteiger charge is -2.37. The van der Waals surface area contributed by atoms with E-state index in [9.17, 15) is 0 Å². The molecule has 0 saturated heterocycles. The normalized spacial score (nSPS) is 29.2. The van der Waals surface area contributed by atoms with Gasteiger partial charge in [0, 0.05) is 24.5 Å². The van der Waals surface area contributed by atoms with Crippen molar-refractivity contribution in [3.63, 3.8) is 0 Å². The molecule has 1 atom stereocenters. The van der Waals surface area contributed by atoms with Crippen LogP contribution in [0.15, 0.2) is 42.4 Å². The minimum absolute atomic E-state index is 0.335. The smallest absolute Gasteiger partial charge is 0.106 e. The van der Waals surface area contributed by atoms with E-state index < -0.39 is 0 Å². The number of hydrogen-bond donors (Lipinski definition) is 2. The van der Waals surface area contributed by atoms with E-state index in [1.807, 2.05) is 25.4 Å². The lowest BCUT2D eigenvalue weighted by atomic mass is 9.85. The highest BCUT2D eigenvalue weighted by Crippen LogP contribution is 2.37. The number of halogens is 1. The summed E-state index contributed by atoms with van der Waals surface area (Å²) in [5, 5.41) is 7.92. The quantitative estimate of drug-likeness (QED) is 0.878. The van der Waals surface area contributed by atoms with Crippen LogP contribution in [0.5, 0.6) is 0 Å². The molecule has 128 valence electrons. The number of benzene rings is 1. The summed E-state index contributed by atoms with van der Waals surface area (Å²) in [6.07, 6.45) is 9.70. The summed E-state index contributed by atoms with van der Waals surface area (Å²) >= 11 is 6.05. The maximum Gasteiger partial charge on any atom is 0.106 e. The molecular weight excluding hydrogens is 322 g/mol. The molecule has 1 aliphatic carbocycles. The zero-order valence-corrected chi connectivity index (χ0v) is 14.7. The molecule has 1 saturated carbocycles. The summed E-state index contributed by atoms with van der Waals surface area (Å²) in [7, 11) is 1.83. The summed E-state index contributed by atoms with van der Waals surface area (Å²) in [5.41, 5.74) is 3.74. The second kappa shape index (κ2) is 6.69. The summed E-state index contributed by atoms with van der Waals surface area (Å²) in [6.45, 7) is 0.853. The first-order valence-corrected chi connectivity index (χ1v) is 9.11. The third-order valence-corrected chi connectivity index (χ3v) is 5.70. The molecule has 0 spiro atoms. The van der Waals surface area contributed by atoms with Gasteiger partial charge in [-0.05, 0) is 49.3 Å². The second-order valence-corrected chi connectivity index (χ2v) is 7.23. The van der Waals surface area contributed by atoms with Gasteiger partial charge in [-0.3, -0.25) is 0 Å². The highest BCUT2D eigenvalue weighted by molar-refractivity contribution is 6.30. The molecule has 1 aromatic carbocycles. The van der Waals surface area contributed by atoms with E-state index in [0.29, 0.717) is 18.2 Å². The van der Waals surface area contributed by atoms with Gasteiger partial charge in [0.25, 0.3) is 0 Å². The van der Waals surface area contributed by atoms with Gasteiger partial charge in [-0.1, -0.05) is 23.7 Å². The average Bonchev–Trinajstić information content (AvgIpc) is 3.02. The Bertz CT molecular complexity index is 647. The number of fused-ring (bicyclic) bond motifs is 1. The van der Waals surface area contributed by atoms with Crippen LogP contribution in [-0.4, -0.2) is 30.8 Å². The summed E-state index contributed by atoms with van der Waals surface area (Å²) in [4.78, 5) is 2.41. The summed E-state index contributed by atoms with van der Waals surface area (Å²) < 4.78 is 5.53. The van der Waals surface area contributed by atoms with Crippen molar-refractivity contribution in [2.75, 3.05) is 13.7 Å². The maximum atomic E-state index is 6.05.